The smallest absolute Gasteiger partial charge is 0.475 e. The summed E-state index contributed by atoms with van der Waals surface area (Å²) >= 11 is 6.22. The van der Waals surface area contributed by atoms with E-state index in [-0.39, 0.29) is 11.5 Å². The number of benzene rings is 1. The van der Waals surface area contributed by atoms with Crippen molar-refractivity contribution >= 4 is 28.6 Å². The molecule has 0 spiro atoms. The quantitative estimate of drug-likeness (QED) is 0.529. The first kappa shape index (κ1) is 22.3. The average molecular weight is 434 g/mol. The number of aromatic amines is 1. The van der Waals surface area contributed by atoms with E-state index in [2.05, 4.69) is 15.0 Å². The summed E-state index contributed by atoms with van der Waals surface area (Å²) in [5.74, 6) is -2.52. The Morgan fingerprint density at radius 3 is 2.45 bits per heavy atom. The molecule has 29 heavy (non-hydrogen) atoms. The van der Waals surface area contributed by atoms with Crippen LogP contribution in [0.15, 0.2) is 21.7 Å². The number of aliphatic carboxylic acids is 1. The molecule has 3 rings (SSSR count). The second-order valence-corrected chi connectivity index (χ2v) is 6.09. The maximum absolute atomic E-state index is 12.0. The molecule has 0 unspecified atom stereocenters. The molecule has 156 valence electrons. The monoisotopic (exact) mass is 433 g/mol. The molecule has 1 aromatic rings. The van der Waals surface area contributed by atoms with E-state index in [1.807, 2.05) is 13.0 Å². The molecule has 0 saturated heterocycles. The fourth-order valence-electron chi connectivity index (χ4n) is 2.49. The first-order valence-electron chi connectivity index (χ1n) is 8.12. The Bertz CT molecular complexity index is 1140. The van der Waals surface area contributed by atoms with Crippen molar-refractivity contribution in [3.8, 4) is 11.5 Å². The van der Waals surface area contributed by atoms with Crippen LogP contribution >= 0.6 is 11.6 Å². The van der Waals surface area contributed by atoms with Crippen LogP contribution in [0.2, 0.25) is 5.02 Å². The lowest BCUT2D eigenvalue weighted by Crippen LogP contribution is -2.29. The lowest BCUT2D eigenvalue weighted by molar-refractivity contribution is -0.192. The molecule has 0 amide bonds. The van der Waals surface area contributed by atoms with Gasteiger partial charge >= 0.3 is 17.8 Å². The van der Waals surface area contributed by atoms with Gasteiger partial charge in [0.15, 0.2) is 11.5 Å². The van der Waals surface area contributed by atoms with E-state index in [9.17, 15) is 22.8 Å². The zero-order valence-electron chi connectivity index (χ0n) is 14.9. The third kappa shape index (κ3) is 4.90. The molecular weight excluding hydrogens is 419 g/mol. The third-order valence-corrected chi connectivity index (χ3v) is 4.11. The average Bonchev–Trinajstić information content (AvgIpc) is 2.61. The lowest BCUT2D eigenvalue weighted by Gasteiger charge is -2.17. The lowest BCUT2D eigenvalue weighted by atomic mass is 10.1. The number of fused-ring (bicyclic) bond motifs is 2. The molecule has 0 aromatic heterocycles. The molecule has 2 aliphatic heterocycles. The highest BCUT2D eigenvalue weighted by atomic mass is 35.5. The Balaban J connectivity index is 0.000000370. The number of nitrogens with zero attached hydrogens (tertiary/aromatic N) is 3. The predicted molar refractivity (Wildman–Crippen MR) is 98.2 cm³/mol. The zero-order valence-corrected chi connectivity index (χ0v) is 15.6. The molecule has 0 bridgehead atoms. The molecule has 13 heteroatoms. The van der Waals surface area contributed by atoms with Gasteiger partial charge in [0.1, 0.15) is 0 Å². The van der Waals surface area contributed by atoms with Crippen LogP contribution < -0.4 is 17.0 Å². The molecule has 0 fully saturated rings. The highest BCUT2D eigenvalue weighted by Gasteiger charge is 2.38. The van der Waals surface area contributed by atoms with E-state index in [0.717, 1.165) is 17.5 Å². The summed E-state index contributed by atoms with van der Waals surface area (Å²) in [7, 11) is 0. The summed E-state index contributed by atoms with van der Waals surface area (Å²) in [6.45, 7) is 2.75. The molecule has 0 atom stereocenters. The first-order valence-corrected chi connectivity index (χ1v) is 8.50. The van der Waals surface area contributed by atoms with Crippen LogP contribution in [0.3, 0.4) is 0 Å². The molecule has 0 radical (unpaired) electrons. The van der Waals surface area contributed by atoms with Gasteiger partial charge in [-0.15, -0.1) is 0 Å². The topological polar surface area (TPSA) is 144 Å². The van der Waals surface area contributed by atoms with Crippen molar-refractivity contribution in [1.29, 1.82) is 0 Å². The standard InChI is InChI=1S/C14H14ClN5O2.C2HF3O2/c1-2-7-5-10-9(6-8(7)15)17-11-12(20(10)4-3-16)18-14(22)19-13(11)21;3-2(4,5)1(6)7/h5-6H,2-4,16H2,1H3,(H,19,21,22);(H,6,7). The van der Waals surface area contributed by atoms with Gasteiger partial charge in [0.05, 0.1) is 11.0 Å². The van der Waals surface area contributed by atoms with Crippen LogP contribution in [-0.4, -0.2) is 43.3 Å². The molecule has 2 aliphatic rings. The number of halogens is 4. The van der Waals surface area contributed by atoms with Crippen LogP contribution in [-0.2, 0) is 17.8 Å². The number of aryl methyl sites for hydroxylation is 1. The summed E-state index contributed by atoms with van der Waals surface area (Å²) in [6, 6.07) is 3.61. The van der Waals surface area contributed by atoms with E-state index in [1.54, 1.807) is 10.6 Å². The van der Waals surface area contributed by atoms with Crippen LogP contribution in [0.5, 0.6) is 0 Å². The Labute approximate surface area is 165 Å². The molecule has 4 N–H and O–H groups in total. The minimum atomic E-state index is -5.08. The van der Waals surface area contributed by atoms with Gasteiger partial charge in [-0.05, 0) is 24.1 Å². The zero-order chi connectivity index (χ0) is 21.9. The predicted octanol–water partition coefficient (Wildman–Crippen LogP) is 1.39. The van der Waals surface area contributed by atoms with Crippen LogP contribution in [0, 0.1) is 0 Å². The molecule has 0 saturated carbocycles. The van der Waals surface area contributed by atoms with Crippen LogP contribution in [0.1, 0.15) is 12.5 Å². The van der Waals surface area contributed by atoms with Gasteiger partial charge in [0.2, 0.25) is 0 Å². The normalized spacial score (nSPS) is 11.4. The van der Waals surface area contributed by atoms with Gasteiger partial charge < -0.3 is 15.4 Å². The Hall–Kier alpha value is -2.99. The van der Waals surface area contributed by atoms with Crippen molar-refractivity contribution in [2.75, 3.05) is 6.54 Å². The summed E-state index contributed by atoms with van der Waals surface area (Å²) in [5.41, 5.74) is 6.75. The summed E-state index contributed by atoms with van der Waals surface area (Å²) in [4.78, 5) is 42.7. The fourth-order valence-corrected chi connectivity index (χ4v) is 2.78. The van der Waals surface area contributed by atoms with Crippen molar-refractivity contribution in [3.05, 3.63) is 43.6 Å². The number of hydrogen-bond acceptors (Lipinski definition) is 6. The Kier molecular flexibility index (Phi) is 6.59. The second-order valence-electron chi connectivity index (χ2n) is 5.68. The van der Waals surface area contributed by atoms with Gasteiger partial charge in [-0.3, -0.25) is 9.78 Å². The molecule has 2 heterocycles. The van der Waals surface area contributed by atoms with Gasteiger partial charge in [-0.25, -0.2) is 14.6 Å². The first-order chi connectivity index (χ1) is 13.5. The van der Waals surface area contributed by atoms with E-state index in [1.165, 1.54) is 0 Å². The third-order valence-electron chi connectivity index (χ3n) is 3.75. The molecular formula is C16H15ClF3N5O4. The number of carbonyl (C=O) groups is 1. The van der Waals surface area contributed by atoms with Crippen molar-refractivity contribution < 1.29 is 23.1 Å². The fraction of sp³-hybridized carbons (Fsp3) is 0.312. The molecule has 9 nitrogen and oxygen atoms in total. The molecule has 1 aromatic carbocycles. The van der Waals surface area contributed by atoms with Crippen LogP contribution in [0.25, 0.3) is 22.6 Å². The van der Waals surface area contributed by atoms with Gasteiger partial charge in [0.25, 0.3) is 5.56 Å². The van der Waals surface area contributed by atoms with E-state index < -0.39 is 23.4 Å². The summed E-state index contributed by atoms with van der Waals surface area (Å²) in [5, 5.41) is 7.71. The number of nitrogens with two attached hydrogens (primary N) is 1. The summed E-state index contributed by atoms with van der Waals surface area (Å²) < 4.78 is 33.5. The number of aromatic nitrogens is 4. The number of rotatable bonds is 3. The van der Waals surface area contributed by atoms with E-state index >= 15 is 0 Å². The number of carboxylic acid groups (broad SMARTS) is 1. The highest BCUT2D eigenvalue weighted by Crippen LogP contribution is 2.26. The number of hydrogen-bond donors (Lipinski definition) is 3. The van der Waals surface area contributed by atoms with Gasteiger partial charge in [0, 0.05) is 18.1 Å². The molecule has 0 aliphatic carbocycles. The maximum Gasteiger partial charge on any atom is 0.490 e. The van der Waals surface area contributed by atoms with Crippen molar-refractivity contribution in [3.63, 3.8) is 0 Å². The Morgan fingerprint density at radius 2 is 1.93 bits per heavy atom. The minimum Gasteiger partial charge on any atom is -0.475 e. The number of alkyl halides is 3. The van der Waals surface area contributed by atoms with Crippen LogP contribution in [0.4, 0.5) is 13.2 Å². The van der Waals surface area contributed by atoms with Crippen molar-refractivity contribution in [2.45, 2.75) is 26.1 Å². The SMILES string of the molecule is CCc1cc2c(cc1Cl)nc1c(=O)[nH]c(=O)nc-1n2CCN.O=C(O)C(F)(F)F. The van der Waals surface area contributed by atoms with E-state index in [4.69, 9.17) is 27.2 Å². The number of H-pyrrole nitrogens is 1. The number of carboxylic acids is 1. The summed E-state index contributed by atoms with van der Waals surface area (Å²) in [6.07, 6.45) is -4.33. The van der Waals surface area contributed by atoms with Gasteiger partial charge in [-0.1, -0.05) is 18.5 Å². The van der Waals surface area contributed by atoms with Gasteiger partial charge in [-0.2, -0.15) is 18.2 Å². The maximum atomic E-state index is 12.0. The minimum absolute atomic E-state index is 0.0980. The van der Waals surface area contributed by atoms with Crippen molar-refractivity contribution in [2.24, 2.45) is 5.73 Å². The Morgan fingerprint density at radius 1 is 1.31 bits per heavy atom. The largest absolute Gasteiger partial charge is 0.490 e. The second kappa shape index (κ2) is 8.57. The number of nitrogens with one attached hydrogen (secondary N) is 1. The van der Waals surface area contributed by atoms with E-state index in [0.29, 0.717) is 23.6 Å². The van der Waals surface area contributed by atoms with Crippen molar-refractivity contribution in [1.82, 2.24) is 19.5 Å². The highest BCUT2D eigenvalue weighted by molar-refractivity contribution is 6.32.